The first kappa shape index (κ1) is 26.4. The number of rotatable bonds is 7. The third-order valence-corrected chi connectivity index (χ3v) is 9.69. The summed E-state index contributed by atoms with van der Waals surface area (Å²) in [5.74, 6) is -4.32. The van der Waals surface area contributed by atoms with Gasteiger partial charge in [0.25, 0.3) is 5.91 Å². The van der Waals surface area contributed by atoms with Crippen LogP contribution in [0.2, 0.25) is 0 Å². The van der Waals surface area contributed by atoms with Gasteiger partial charge in [0.2, 0.25) is 5.92 Å². The molecule has 6 nitrogen and oxygen atoms in total. The number of aliphatic carboxylic acids is 1. The average molecular weight is 546 g/mol. The van der Waals surface area contributed by atoms with Crippen molar-refractivity contribution >= 4 is 22.6 Å². The van der Waals surface area contributed by atoms with E-state index >= 15 is 0 Å². The molecule has 4 bridgehead atoms. The van der Waals surface area contributed by atoms with Crippen LogP contribution < -0.4 is 10.1 Å². The molecule has 0 spiro atoms. The van der Waals surface area contributed by atoms with Gasteiger partial charge in [0.05, 0.1) is 17.8 Å². The van der Waals surface area contributed by atoms with Crippen molar-refractivity contribution in [2.75, 3.05) is 6.61 Å². The summed E-state index contributed by atoms with van der Waals surface area (Å²) in [5.41, 5.74) is -1.50. The Bertz CT molecular complexity index is 1290. The molecule has 5 aliphatic rings. The molecule has 3 N–H and O–H groups in total. The smallest absolute Gasteiger partial charge is 0.326 e. The molecule has 5 saturated carbocycles. The number of aliphatic hydroxyl groups is 1. The summed E-state index contributed by atoms with van der Waals surface area (Å²) in [6, 6.07) is 5.99. The van der Waals surface area contributed by atoms with E-state index in [0.717, 1.165) is 6.42 Å². The number of ether oxygens (including phenoxy) is 1. The zero-order chi connectivity index (χ0) is 27.6. The van der Waals surface area contributed by atoms with E-state index in [4.69, 9.17) is 4.74 Å². The van der Waals surface area contributed by atoms with E-state index in [1.165, 1.54) is 24.3 Å². The monoisotopic (exact) mass is 545 g/mol. The molecule has 39 heavy (non-hydrogen) atoms. The summed E-state index contributed by atoms with van der Waals surface area (Å²) in [4.78, 5) is 26.3. The van der Waals surface area contributed by atoms with Crippen LogP contribution in [0, 0.1) is 29.0 Å². The second kappa shape index (κ2) is 9.39. The highest BCUT2D eigenvalue weighted by molar-refractivity contribution is 6.05. The van der Waals surface area contributed by atoms with Crippen LogP contribution >= 0.6 is 0 Å². The molecule has 0 heterocycles. The topological polar surface area (TPSA) is 95.9 Å². The maximum Gasteiger partial charge on any atom is 0.326 e. The Hall–Kier alpha value is -2.81. The van der Waals surface area contributed by atoms with Crippen molar-refractivity contribution < 1.29 is 37.7 Å². The molecule has 9 heteroatoms. The van der Waals surface area contributed by atoms with Gasteiger partial charge in [-0.1, -0.05) is 6.07 Å². The molecule has 5 fully saturated rings. The highest BCUT2D eigenvalue weighted by Gasteiger charge is 2.61. The number of carboxylic acid groups (broad SMARTS) is 1. The van der Waals surface area contributed by atoms with Gasteiger partial charge in [0, 0.05) is 23.6 Å². The molecule has 0 aliphatic heterocycles. The van der Waals surface area contributed by atoms with E-state index in [1.807, 2.05) is 0 Å². The minimum atomic E-state index is -2.67. The second-order valence-electron chi connectivity index (χ2n) is 12.7. The standard InChI is InChI=1S/C30H34F3NO5/c31-21-2-4-22-20(10-21)1-3-23(24(22)39-15-17-5-7-30(32,33)8-6-17)26(35)34-25(27(36)37)28-11-18-9-19(12-28)14-29(38,13-18)16-28/h1-4,10,17-19,25,38H,5-9,11-16H2,(H,34,35)(H,36,37)/t18-,19+,25-,28?,29?/m1/s1. The third kappa shape index (κ3) is 4.98. The zero-order valence-corrected chi connectivity index (χ0v) is 21.7. The normalized spacial score (nSPS) is 32.2. The molecule has 2 aromatic rings. The molecule has 5 atom stereocenters. The van der Waals surface area contributed by atoms with Gasteiger partial charge in [-0.05, 0) is 98.8 Å². The van der Waals surface area contributed by atoms with Crippen molar-refractivity contribution in [1.82, 2.24) is 5.32 Å². The fourth-order valence-corrected chi connectivity index (χ4v) is 8.38. The maximum absolute atomic E-state index is 14.0. The lowest BCUT2D eigenvalue weighted by Crippen LogP contribution is -2.64. The van der Waals surface area contributed by atoms with Crippen LogP contribution in [0.15, 0.2) is 30.3 Å². The summed E-state index contributed by atoms with van der Waals surface area (Å²) >= 11 is 0. The van der Waals surface area contributed by atoms with Crippen LogP contribution in [0.1, 0.15) is 74.6 Å². The Morgan fingerprint density at radius 1 is 1.05 bits per heavy atom. The summed E-state index contributed by atoms with van der Waals surface area (Å²) < 4.78 is 47.3. The van der Waals surface area contributed by atoms with Crippen molar-refractivity contribution in [2.45, 2.75) is 81.8 Å². The number of nitrogens with one attached hydrogen (secondary N) is 1. The number of halogens is 3. The van der Waals surface area contributed by atoms with E-state index in [9.17, 15) is 33.0 Å². The number of benzene rings is 2. The van der Waals surface area contributed by atoms with Crippen molar-refractivity contribution in [1.29, 1.82) is 0 Å². The van der Waals surface area contributed by atoms with E-state index in [2.05, 4.69) is 5.32 Å². The summed E-state index contributed by atoms with van der Waals surface area (Å²) in [5, 5.41) is 25.2. The first-order valence-corrected chi connectivity index (χ1v) is 13.9. The van der Waals surface area contributed by atoms with E-state index in [-0.39, 0.29) is 48.5 Å². The first-order chi connectivity index (χ1) is 18.4. The van der Waals surface area contributed by atoms with Crippen molar-refractivity contribution in [3.63, 3.8) is 0 Å². The number of carbonyl (C=O) groups excluding carboxylic acids is 1. The van der Waals surface area contributed by atoms with Gasteiger partial charge in [-0.15, -0.1) is 0 Å². The predicted octanol–water partition coefficient (Wildman–Crippen LogP) is 5.70. The fraction of sp³-hybridized carbons (Fsp3) is 0.600. The number of hydrogen-bond acceptors (Lipinski definition) is 4. The molecule has 0 radical (unpaired) electrons. The summed E-state index contributed by atoms with van der Waals surface area (Å²) in [6.45, 7) is 0.121. The molecule has 2 unspecified atom stereocenters. The summed E-state index contributed by atoms with van der Waals surface area (Å²) in [7, 11) is 0. The van der Waals surface area contributed by atoms with Crippen LogP contribution in [0.3, 0.4) is 0 Å². The lowest BCUT2D eigenvalue weighted by Gasteiger charge is -2.61. The number of alkyl halides is 2. The van der Waals surface area contributed by atoms with Gasteiger partial charge in [-0.25, -0.2) is 18.0 Å². The fourth-order valence-electron chi connectivity index (χ4n) is 8.38. The number of hydrogen-bond donors (Lipinski definition) is 3. The SMILES string of the molecule is O=C(N[C@H](C(=O)O)C12C[C@@H]3C[C@@H](CC(O)(C3)C1)C2)c1ccc2cc(F)ccc2c1OCC1CCC(F)(F)CC1. The van der Waals surface area contributed by atoms with E-state index < -0.39 is 40.7 Å². The number of amides is 1. The minimum absolute atomic E-state index is 0.115. The average Bonchev–Trinajstić information content (AvgIpc) is 2.84. The van der Waals surface area contributed by atoms with Crippen LogP contribution in [0.4, 0.5) is 13.2 Å². The predicted molar refractivity (Wildman–Crippen MR) is 137 cm³/mol. The lowest BCUT2D eigenvalue weighted by molar-refractivity contribution is -0.181. The molecular weight excluding hydrogens is 511 g/mol. The van der Waals surface area contributed by atoms with E-state index in [0.29, 0.717) is 55.7 Å². The molecule has 5 aliphatic carbocycles. The third-order valence-electron chi connectivity index (χ3n) is 9.69. The van der Waals surface area contributed by atoms with Crippen molar-refractivity contribution in [3.8, 4) is 5.75 Å². The highest BCUT2D eigenvalue weighted by Crippen LogP contribution is 2.62. The Kier molecular flexibility index (Phi) is 6.36. The molecule has 7 rings (SSSR count). The van der Waals surface area contributed by atoms with Crippen LogP contribution in [0.5, 0.6) is 5.75 Å². The number of carbonyl (C=O) groups is 2. The molecule has 2 aromatic carbocycles. The van der Waals surface area contributed by atoms with Crippen molar-refractivity contribution in [3.05, 3.63) is 41.7 Å². The Morgan fingerprint density at radius 2 is 1.74 bits per heavy atom. The van der Waals surface area contributed by atoms with Crippen molar-refractivity contribution in [2.24, 2.45) is 23.2 Å². The molecule has 1 amide bonds. The molecule has 0 aromatic heterocycles. The quantitative estimate of drug-likeness (QED) is 0.415. The minimum Gasteiger partial charge on any atom is -0.492 e. The van der Waals surface area contributed by atoms with Gasteiger partial charge in [0.1, 0.15) is 17.6 Å². The number of carboxylic acids is 1. The number of fused-ring (bicyclic) bond motifs is 1. The highest BCUT2D eigenvalue weighted by atomic mass is 19.3. The van der Waals surface area contributed by atoms with Gasteiger partial charge < -0.3 is 20.3 Å². The molecule has 0 saturated heterocycles. The Labute approximate surface area is 224 Å². The zero-order valence-electron chi connectivity index (χ0n) is 21.7. The first-order valence-electron chi connectivity index (χ1n) is 13.9. The molecular formula is C30H34F3NO5. The second-order valence-corrected chi connectivity index (χ2v) is 12.7. The Balaban J connectivity index is 1.29. The Morgan fingerprint density at radius 3 is 2.38 bits per heavy atom. The van der Waals surface area contributed by atoms with Crippen LogP contribution in [0.25, 0.3) is 10.8 Å². The largest absolute Gasteiger partial charge is 0.492 e. The lowest BCUT2D eigenvalue weighted by atomic mass is 9.46. The van der Waals surface area contributed by atoms with Gasteiger partial charge in [-0.3, -0.25) is 4.79 Å². The van der Waals surface area contributed by atoms with Gasteiger partial charge in [-0.2, -0.15) is 0 Å². The van der Waals surface area contributed by atoms with Crippen LogP contribution in [-0.2, 0) is 4.79 Å². The van der Waals surface area contributed by atoms with Gasteiger partial charge >= 0.3 is 5.97 Å². The van der Waals surface area contributed by atoms with Gasteiger partial charge in [0.15, 0.2) is 0 Å². The van der Waals surface area contributed by atoms with Crippen LogP contribution in [-0.4, -0.2) is 46.3 Å². The maximum atomic E-state index is 14.0. The summed E-state index contributed by atoms with van der Waals surface area (Å²) in [6.07, 6.45) is 4.14. The molecule has 210 valence electrons. The van der Waals surface area contributed by atoms with E-state index in [1.54, 1.807) is 6.07 Å².